The van der Waals surface area contributed by atoms with Gasteiger partial charge in [0, 0.05) is 48.2 Å². The molecule has 1 unspecified atom stereocenters. The largest absolute Gasteiger partial charge is 0.379 e. The van der Waals surface area contributed by atoms with Crippen LogP contribution in [0.3, 0.4) is 0 Å². The Bertz CT molecular complexity index is 1080. The van der Waals surface area contributed by atoms with Crippen molar-refractivity contribution in [2.24, 2.45) is 0 Å². The summed E-state index contributed by atoms with van der Waals surface area (Å²) in [6.07, 6.45) is 0. The van der Waals surface area contributed by atoms with Gasteiger partial charge in [-0.2, -0.15) is 0 Å². The molecule has 32 heavy (non-hydrogen) atoms. The molecule has 0 heterocycles. The fraction of sp³-hybridized carbons (Fsp3) is 0.160. The zero-order valence-corrected chi connectivity index (χ0v) is 18.2. The molecule has 0 aliphatic heterocycles. The average molecular weight is 431 g/mol. The van der Waals surface area contributed by atoms with E-state index in [9.17, 15) is 14.4 Å². The van der Waals surface area contributed by atoms with E-state index in [0.717, 1.165) is 5.69 Å². The second-order valence-electron chi connectivity index (χ2n) is 7.47. The molecule has 0 bridgehead atoms. The number of nitrogens with one attached hydrogen (secondary N) is 4. The molecule has 3 aromatic carbocycles. The van der Waals surface area contributed by atoms with E-state index in [1.54, 1.807) is 18.2 Å². The van der Waals surface area contributed by atoms with E-state index in [-0.39, 0.29) is 23.8 Å². The molecule has 3 aromatic rings. The first kappa shape index (κ1) is 22.6. The second-order valence-corrected chi connectivity index (χ2v) is 7.47. The van der Waals surface area contributed by atoms with Crippen LogP contribution in [0.5, 0.6) is 0 Å². The lowest BCUT2D eigenvalue weighted by Gasteiger charge is -2.16. The average Bonchev–Trinajstić information content (AvgIpc) is 2.74. The van der Waals surface area contributed by atoms with Crippen molar-refractivity contribution in [3.8, 4) is 0 Å². The van der Waals surface area contributed by atoms with Gasteiger partial charge in [-0.15, -0.1) is 0 Å². The Morgan fingerprint density at radius 1 is 0.656 bits per heavy atom. The molecule has 7 heteroatoms. The summed E-state index contributed by atoms with van der Waals surface area (Å²) in [5.74, 6) is -0.907. The SMILES string of the molecule is CC(=O)Nc1cc(NC(C)=O)cc(C(=O)Nc2ccc(NC(C)c3ccccc3)cc2)c1. The van der Waals surface area contributed by atoms with E-state index in [1.807, 2.05) is 42.5 Å². The van der Waals surface area contributed by atoms with Crippen LogP contribution in [-0.2, 0) is 9.59 Å². The third-order valence-electron chi connectivity index (χ3n) is 4.66. The first-order valence-electron chi connectivity index (χ1n) is 10.2. The van der Waals surface area contributed by atoms with Crippen LogP contribution in [0, 0.1) is 0 Å². The number of carbonyl (C=O) groups is 3. The summed E-state index contributed by atoms with van der Waals surface area (Å²) < 4.78 is 0. The molecule has 3 rings (SSSR count). The van der Waals surface area contributed by atoms with Crippen LogP contribution in [0.25, 0.3) is 0 Å². The van der Waals surface area contributed by atoms with Gasteiger partial charge >= 0.3 is 0 Å². The number of hydrogen-bond donors (Lipinski definition) is 4. The lowest BCUT2D eigenvalue weighted by atomic mass is 10.1. The minimum Gasteiger partial charge on any atom is -0.379 e. The van der Waals surface area contributed by atoms with E-state index in [2.05, 4.69) is 40.3 Å². The molecular formula is C25H26N4O3. The van der Waals surface area contributed by atoms with Crippen LogP contribution in [0.15, 0.2) is 72.8 Å². The van der Waals surface area contributed by atoms with Crippen molar-refractivity contribution in [3.05, 3.63) is 83.9 Å². The van der Waals surface area contributed by atoms with E-state index < -0.39 is 0 Å². The Morgan fingerprint density at radius 2 is 1.19 bits per heavy atom. The number of carbonyl (C=O) groups excluding carboxylic acids is 3. The van der Waals surface area contributed by atoms with Crippen molar-refractivity contribution < 1.29 is 14.4 Å². The predicted molar refractivity (Wildman–Crippen MR) is 128 cm³/mol. The molecule has 1 atom stereocenters. The van der Waals surface area contributed by atoms with Crippen LogP contribution in [0.1, 0.15) is 42.7 Å². The second kappa shape index (κ2) is 10.3. The molecule has 3 amide bonds. The van der Waals surface area contributed by atoms with Gasteiger partial charge in [0.25, 0.3) is 5.91 Å². The summed E-state index contributed by atoms with van der Waals surface area (Å²) in [4.78, 5) is 35.6. The zero-order valence-electron chi connectivity index (χ0n) is 18.2. The van der Waals surface area contributed by atoms with Gasteiger partial charge < -0.3 is 21.3 Å². The monoisotopic (exact) mass is 430 g/mol. The highest BCUT2D eigenvalue weighted by Crippen LogP contribution is 2.23. The van der Waals surface area contributed by atoms with Crippen molar-refractivity contribution in [1.82, 2.24) is 0 Å². The highest BCUT2D eigenvalue weighted by Gasteiger charge is 2.11. The third-order valence-corrected chi connectivity index (χ3v) is 4.66. The maximum absolute atomic E-state index is 12.8. The smallest absolute Gasteiger partial charge is 0.255 e. The van der Waals surface area contributed by atoms with Gasteiger partial charge in [0.2, 0.25) is 11.8 Å². The van der Waals surface area contributed by atoms with E-state index in [4.69, 9.17) is 0 Å². The number of hydrogen-bond acceptors (Lipinski definition) is 4. The van der Waals surface area contributed by atoms with Gasteiger partial charge in [0.05, 0.1) is 0 Å². The van der Waals surface area contributed by atoms with E-state index >= 15 is 0 Å². The van der Waals surface area contributed by atoms with Gasteiger partial charge in [-0.3, -0.25) is 14.4 Å². The molecule has 0 aliphatic rings. The lowest BCUT2D eigenvalue weighted by Crippen LogP contribution is -2.15. The van der Waals surface area contributed by atoms with Gasteiger partial charge in [0.1, 0.15) is 0 Å². The van der Waals surface area contributed by atoms with Crippen LogP contribution >= 0.6 is 0 Å². The van der Waals surface area contributed by atoms with Crippen LogP contribution in [-0.4, -0.2) is 17.7 Å². The quantitative estimate of drug-likeness (QED) is 0.422. The van der Waals surface area contributed by atoms with Crippen LogP contribution in [0.2, 0.25) is 0 Å². The number of benzene rings is 3. The van der Waals surface area contributed by atoms with Crippen molar-refractivity contribution in [3.63, 3.8) is 0 Å². The van der Waals surface area contributed by atoms with Gasteiger partial charge in [-0.25, -0.2) is 0 Å². The fourth-order valence-corrected chi connectivity index (χ4v) is 3.24. The normalized spacial score (nSPS) is 11.2. The van der Waals surface area contributed by atoms with Gasteiger partial charge in [-0.05, 0) is 55.0 Å². The predicted octanol–water partition coefficient (Wildman–Crippen LogP) is 5.03. The number of amides is 3. The standard InChI is InChI=1S/C25H26N4O3/c1-16(19-7-5-4-6-8-19)26-21-9-11-22(12-10-21)29-25(32)20-13-23(27-17(2)30)15-24(14-20)28-18(3)31/h4-16,26H,1-3H3,(H,27,30)(H,28,31)(H,29,32). The van der Waals surface area contributed by atoms with Gasteiger partial charge in [0.15, 0.2) is 0 Å². The molecule has 0 radical (unpaired) electrons. The molecule has 0 saturated carbocycles. The third kappa shape index (κ3) is 6.43. The summed E-state index contributed by atoms with van der Waals surface area (Å²) in [7, 11) is 0. The number of anilines is 4. The molecule has 0 saturated heterocycles. The Balaban J connectivity index is 1.71. The first-order chi connectivity index (χ1) is 15.3. The van der Waals surface area contributed by atoms with Crippen LogP contribution in [0.4, 0.5) is 22.7 Å². The summed E-state index contributed by atoms with van der Waals surface area (Å²) in [5, 5.41) is 11.5. The molecule has 0 aliphatic carbocycles. The Hall–Kier alpha value is -4.13. The molecule has 7 nitrogen and oxygen atoms in total. The minimum absolute atomic E-state index is 0.139. The summed E-state index contributed by atoms with van der Waals surface area (Å²) in [6, 6.07) is 22.4. The highest BCUT2D eigenvalue weighted by molar-refractivity contribution is 6.06. The van der Waals surface area contributed by atoms with Crippen molar-refractivity contribution in [1.29, 1.82) is 0 Å². The fourth-order valence-electron chi connectivity index (χ4n) is 3.24. The lowest BCUT2D eigenvalue weighted by molar-refractivity contribution is -0.115. The van der Waals surface area contributed by atoms with E-state index in [0.29, 0.717) is 22.6 Å². The van der Waals surface area contributed by atoms with Crippen molar-refractivity contribution >= 4 is 40.5 Å². The highest BCUT2D eigenvalue weighted by atomic mass is 16.2. The molecule has 0 fully saturated rings. The van der Waals surface area contributed by atoms with Crippen molar-refractivity contribution in [2.75, 3.05) is 21.3 Å². The number of rotatable bonds is 7. The summed E-state index contributed by atoms with van der Waals surface area (Å²) in [5.41, 5.74) is 3.88. The Kier molecular flexibility index (Phi) is 7.23. The van der Waals surface area contributed by atoms with Crippen molar-refractivity contribution in [2.45, 2.75) is 26.8 Å². The molecule has 0 aromatic heterocycles. The zero-order chi connectivity index (χ0) is 23.1. The first-order valence-corrected chi connectivity index (χ1v) is 10.2. The Labute approximate surface area is 187 Å². The molecule has 164 valence electrons. The van der Waals surface area contributed by atoms with E-state index in [1.165, 1.54) is 19.4 Å². The maximum Gasteiger partial charge on any atom is 0.255 e. The molecule has 4 N–H and O–H groups in total. The maximum atomic E-state index is 12.8. The van der Waals surface area contributed by atoms with Gasteiger partial charge in [-0.1, -0.05) is 30.3 Å². The summed E-state index contributed by atoms with van der Waals surface area (Å²) in [6.45, 7) is 4.83. The minimum atomic E-state index is -0.359. The summed E-state index contributed by atoms with van der Waals surface area (Å²) >= 11 is 0. The molecular weight excluding hydrogens is 404 g/mol. The Morgan fingerprint density at radius 3 is 1.72 bits per heavy atom. The molecule has 0 spiro atoms. The topological polar surface area (TPSA) is 99.3 Å². The van der Waals surface area contributed by atoms with Crippen LogP contribution < -0.4 is 21.3 Å².